The van der Waals surface area contributed by atoms with Crippen LogP contribution in [0.25, 0.3) is 0 Å². The van der Waals surface area contributed by atoms with E-state index in [4.69, 9.17) is 17.3 Å². The van der Waals surface area contributed by atoms with Gasteiger partial charge < -0.3 is 10.8 Å². The lowest BCUT2D eigenvalue weighted by Gasteiger charge is -2.11. The summed E-state index contributed by atoms with van der Waals surface area (Å²) in [5.74, 6) is -0.277. The molecule has 0 spiro atoms. The van der Waals surface area contributed by atoms with E-state index in [-0.39, 0.29) is 19.1 Å². The van der Waals surface area contributed by atoms with Crippen LogP contribution in [0.15, 0.2) is 24.3 Å². The first-order valence-corrected chi connectivity index (χ1v) is 7.95. The van der Waals surface area contributed by atoms with Crippen LogP contribution in [0.4, 0.5) is 0 Å². The third kappa shape index (κ3) is 2.05. The summed E-state index contributed by atoms with van der Waals surface area (Å²) >= 11 is 5.91. The minimum Gasteiger partial charge on any atom is -0.396 e. The maximum Gasteiger partial charge on any atom is 0.151 e. The van der Waals surface area contributed by atoms with Gasteiger partial charge in [0.25, 0.3) is 0 Å². The molecule has 0 amide bonds. The first-order valence-electron chi connectivity index (χ1n) is 5.62. The highest BCUT2D eigenvalue weighted by atomic mass is 35.5. The lowest BCUT2D eigenvalue weighted by atomic mass is 10.0. The number of halogens is 1. The molecule has 3 atom stereocenters. The van der Waals surface area contributed by atoms with E-state index in [1.54, 1.807) is 18.2 Å². The third-order valence-electron chi connectivity index (χ3n) is 3.72. The fraction of sp³-hybridized carbons (Fsp3) is 0.500. The molecule has 0 heterocycles. The highest BCUT2D eigenvalue weighted by Gasteiger charge is 2.68. The van der Waals surface area contributed by atoms with Crippen molar-refractivity contribution >= 4 is 21.4 Å². The number of rotatable bonds is 4. The van der Waals surface area contributed by atoms with Crippen LogP contribution in [0.3, 0.4) is 0 Å². The quantitative estimate of drug-likeness (QED) is 0.859. The molecule has 3 N–H and O–H groups in total. The Kier molecular flexibility index (Phi) is 3.44. The van der Waals surface area contributed by atoms with E-state index in [1.165, 1.54) is 6.26 Å². The van der Waals surface area contributed by atoms with Gasteiger partial charge in [-0.3, -0.25) is 0 Å². The molecule has 1 fully saturated rings. The highest BCUT2D eigenvalue weighted by Crippen LogP contribution is 2.62. The van der Waals surface area contributed by atoms with Crippen LogP contribution in [0, 0.1) is 5.41 Å². The summed E-state index contributed by atoms with van der Waals surface area (Å²) in [6, 6.07) is 7.05. The number of hydrogen-bond donors (Lipinski definition) is 2. The van der Waals surface area contributed by atoms with Crippen molar-refractivity contribution in [3.63, 3.8) is 0 Å². The van der Waals surface area contributed by atoms with E-state index in [1.807, 2.05) is 6.07 Å². The fourth-order valence-corrected chi connectivity index (χ4v) is 5.04. The second-order valence-electron chi connectivity index (χ2n) is 4.88. The zero-order valence-electron chi connectivity index (χ0n) is 10.0. The van der Waals surface area contributed by atoms with Crippen molar-refractivity contribution in [1.82, 2.24) is 0 Å². The predicted octanol–water partition coefficient (Wildman–Crippen LogP) is 0.788. The molecule has 6 heteroatoms. The number of benzene rings is 1. The molecule has 0 bridgehead atoms. The van der Waals surface area contributed by atoms with E-state index in [0.717, 1.165) is 5.56 Å². The number of hydrogen-bond acceptors (Lipinski definition) is 4. The first kappa shape index (κ1) is 13.8. The molecule has 0 radical (unpaired) electrons. The molecular formula is C12H16ClNO3S. The number of sulfone groups is 1. The van der Waals surface area contributed by atoms with Gasteiger partial charge in [0.15, 0.2) is 9.84 Å². The zero-order valence-corrected chi connectivity index (χ0v) is 11.6. The Hall–Kier alpha value is -0.620. The van der Waals surface area contributed by atoms with Gasteiger partial charge in [-0.25, -0.2) is 8.42 Å². The monoisotopic (exact) mass is 289 g/mol. The molecule has 100 valence electrons. The van der Waals surface area contributed by atoms with Crippen molar-refractivity contribution in [1.29, 1.82) is 0 Å². The van der Waals surface area contributed by atoms with Gasteiger partial charge in [-0.15, -0.1) is 0 Å². The van der Waals surface area contributed by atoms with E-state index >= 15 is 0 Å². The molecule has 18 heavy (non-hydrogen) atoms. The van der Waals surface area contributed by atoms with E-state index < -0.39 is 20.5 Å². The number of nitrogens with two attached hydrogens (primary N) is 1. The topological polar surface area (TPSA) is 80.4 Å². The molecule has 1 aromatic carbocycles. The average Bonchev–Trinajstić information content (AvgIpc) is 2.98. The van der Waals surface area contributed by atoms with Crippen molar-refractivity contribution in [3.05, 3.63) is 34.9 Å². The SMILES string of the molecule is CS(=O)(=O)[C@H]1[C@@H](c2cccc(Cl)c2)[C@@]1(CN)CO. The van der Waals surface area contributed by atoms with Gasteiger partial charge in [0.05, 0.1) is 11.9 Å². The first-order chi connectivity index (χ1) is 8.36. The molecule has 0 aliphatic heterocycles. The van der Waals surface area contributed by atoms with Crippen molar-refractivity contribution in [2.45, 2.75) is 11.2 Å². The summed E-state index contributed by atoms with van der Waals surface area (Å²) in [7, 11) is -3.25. The van der Waals surface area contributed by atoms with Crippen LogP contribution in [0.2, 0.25) is 5.02 Å². The van der Waals surface area contributed by atoms with Crippen molar-refractivity contribution < 1.29 is 13.5 Å². The van der Waals surface area contributed by atoms with Crippen LogP contribution in [-0.2, 0) is 9.84 Å². The lowest BCUT2D eigenvalue weighted by molar-refractivity contribution is 0.212. The van der Waals surface area contributed by atoms with Crippen molar-refractivity contribution in [3.8, 4) is 0 Å². The Bertz CT molecular complexity index is 554. The van der Waals surface area contributed by atoms with Gasteiger partial charge in [0.2, 0.25) is 0 Å². The second kappa shape index (κ2) is 4.49. The number of aliphatic hydroxyl groups excluding tert-OH is 1. The average molecular weight is 290 g/mol. The van der Waals surface area contributed by atoms with Crippen LogP contribution in [0.1, 0.15) is 11.5 Å². The van der Waals surface area contributed by atoms with Crippen LogP contribution >= 0.6 is 11.6 Å². The summed E-state index contributed by atoms with van der Waals surface area (Å²) < 4.78 is 23.6. The number of aliphatic hydroxyl groups is 1. The van der Waals surface area contributed by atoms with Crippen LogP contribution < -0.4 is 5.73 Å². The molecule has 4 nitrogen and oxygen atoms in total. The summed E-state index contributed by atoms with van der Waals surface area (Å²) in [6.07, 6.45) is 1.18. The summed E-state index contributed by atoms with van der Waals surface area (Å²) in [5, 5.41) is 9.44. The van der Waals surface area contributed by atoms with Gasteiger partial charge in [0, 0.05) is 29.2 Å². The predicted molar refractivity (Wildman–Crippen MR) is 71.4 cm³/mol. The summed E-state index contributed by atoms with van der Waals surface area (Å²) in [6.45, 7) is -0.100. The molecule has 0 aromatic heterocycles. The van der Waals surface area contributed by atoms with Gasteiger partial charge in [0.1, 0.15) is 0 Å². The largest absolute Gasteiger partial charge is 0.396 e. The Morgan fingerprint density at radius 1 is 1.50 bits per heavy atom. The smallest absolute Gasteiger partial charge is 0.151 e. The lowest BCUT2D eigenvalue weighted by Crippen LogP contribution is -2.27. The summed E-state index contributed by atoms with van der Waals surface area (Å²) in [5.41, 5.74) is 5.73. The Labute approximate surface area is 112 Å². The standard InChI is InChI=1S/C12H16ClNO3S/c1-18(16,17)11-10(12(11,6-14)7-15)8-3-2-4-9(13)5-8/h2-5,10-11,15H,6-7,14H2,1H3/t10-,11+,12-/m1/s1. The van der Waals surface area contributed by atoms with Crippen LogP contribution in [-0.4, -0.2) is 38.2 Å². The minimum absolute atomic E-state index is 0.137. The van der Waals surface area contributed by atoms with E-state index in [2.05, 4.69) is 0 Å². The molecule has 1 aliphatic rings. The maximum absolute atomic E-state index is 11.8. The fourth-order valence-electron chi connectivity index (χ4n) is 2.83. The third-order valence-corrected chi connectivity index (χ3v) is 5.62. The van der Waals surface area contributed by atoms with Gasteiger partial charge in [-0.1, -0.05) is 23.7 Å². The molecule has 0 unspecified atom stereocenters. The normalized spacial score (nSPS) is 31.3. The molecule has 1 aromatic rings. The Balaban J connectivity index is 2.45. The molecule has 2 rings (SSSR count). The Morgan fingerprint density at radius 2 is 2.17 bits per heavy atom. The van der Waals surface area contributed by atoms with Gasteiger partial charge >= 0.3 is 0 Å². The molecule has 0 saturated heterocycles. The highest BCUT2D eigenvalue weighted by molar-refractivity contribution is 7.91. The summed E-state index contributed by atoms with van der Waals surface area (Å²) in [4.78, 5) is 0. The van der Waals surface area contributed by atoms with E-state index in [0.29, 0.717) is 5.02 Å². The molecule has 1 aliphatic carbocycles. The molecule has 1 saturated carbocycles. The zero-order chi connectivity index (χ0) is 13.6. The second-order valence-corrected chi connectivity index (χ2v) is 7.48. The molecular weight excluding hydrogens is 274 g/mol. The minimum atomic E-state index is -3.25. The maximum atomic E-state index is 11.8. The Morgan fingerprint density at radius 3 is 2.56 bits per heavy atom. The van der Waals surface area contributed by atoms with Crippen LogP contribution in [0.5, 0.6) is 0 Å². The van der Waals surface area contributed by atoms with Gasteiger partial charge in [-0.05, 0) is 17.7 Å². The van der Waals surface area contributed by atoms with Crippen molar-refractivity contribution in [2.24, 2.45) is 11.1 Å². The van der Waals surface area contributed by atoms with Crippen molar-refractivity contribution in [2.75, 3.05) is 19.4 Å². The van der Waals surface area contributed by atoms with E-state index in [9.17, 15) is 13.5 Å². The van der Waals surface area contributed by atoms with Gasteiger partial charge in [-0.2, -0.15) is 0 Å².